The number of carbonyl (C=O) groups excluding carboxylic acids is 3. The molecule has 0 radical (unpaired) electrons. The highest BCUT2D eigenvalue weighted by molar-refractivity contribution is 8.00. The third kappa shape index (κ3) is 10.8. The lowest BCUT2D eigenvalue weighted by molar-refractivity contribution is -0.164. The van der Waals surface area contributed by atoms with E-state index in [2.05, 4.69) is 68.0 Å². The normalized spacial score (nSPS) is 27.1. The van der Waals surface area contributed by atoms with Gasteiger partial charge in [0.05, 0.1) is 5.25 Å². The first-order valence-corrected chi connectivity index (χ1v) is 25.4. The van der Waals surface area contributed by atoms with Gasteiger partial charge in [-0.3, -0.25) is 24.7 Å². The number of piperidine rings is 1. The number of aliphatic hydroxyl groups is 2. The molecule has 1 aromatic carbocycles. The first-order chi connectivity index (χ1) is 32.8. The number of carboxylic acid groups (broad SMARTS) is 2. The number of amides is 2. The number of thioether (sulfide) groups is 1. The van der Waals surface area contributed by atoms with Crippen LogP contribution in [0.3, 0.4) is 0 Å². The van der Waals surface area contributed by atoms with Gasteiger partial charge in [0.2, 0.25) is 23.8 Å². The van der Waals surface area contributed by atoms with Gasteiger partial charge in [0, 0.05) is 43.7 Å². The zero-order valence-electron chi connectivity index (χ0n) is 38.7. The molecule has 4 aliphatic carbocycles. The Morgan fingerprint density at radius 1 is 0.971 bits per heavy atom. The summed E-state index contributed by atoms with van der Waals surface area (Å²) in [5.74, 6) is -4.86. The number of benzene rings is 1. The Labute approximate surface area is 401 Å². The fourth-order valence-corrected chi connectivity index (χ4v) is 13.7. The van der Waals surface area contributed by atoms with Crippen molar-refractivity contribution in [2.24, 2.45) is 29.1 Å². The maximum Gasteiger partial charge on any atom is 0.353 e. The summed E-state index contributed by atoms with van der Waals surface area (Å²) in [5, 5.41) is 53.7. The second-order valence-corrected chi connectivity index (χ2v) is 20.7. The lowest BCUT2D eigenvalue weighted by Crippen LogP contribution is -2.56. The number of hydrogen-bond donors (Lipinski definition) is 9. The summed E-state index contributed by atoms with van der Waals surface area (Å²) in [6, 6.07) is 11.2. The molecule has 8 rings (SSSR count). The van der Waals surface area contributed by atoms with Gasteiger partial charge in [-0.2, -0.15) is 0 Å². The molecule has 1 aromatic heterocycles. The van der Waals surface area contributed by atoms with Crippen molar-refractivity contribution in [1.29, 1.82) is 0 Å². The van der Waals surface area contributed by atoms with Crippen molar-refractivity contribution in [1.82, 2.24) is 31.6 Å². The molecule has 9 unspecified atom stereocenters. The maximum absolute atomic E-state index is 15.2. The number of ether oxygens (including phenoxy) is 1. The van der Waals surface area contributed by atoms with Crippen molar-refractivity contribution in [2.45, 2.75) is 126 Å². The van der Waals surface area contributed by atoms with E-state index < -0.39 is 65.8 Å². The van der Waals surface area contributed by atoms with Gasteiger partial charge in [-0.25, -0.2) is 9.59 Å². The Kier molecular flexibility index (Phi) is 15.9. The Hall–Kier alpha value is -4.91. The molecule has 1 saturated carbocycles. The molecule has 2 aliphatic heterocycles. The van der Waals surface area contributed by atoms with Crippen LogP contribution in [0, 0.1) is 29.1 Å². The van der Waals surface area contributed by atoms with Crippen LogP contribution in [-0.4, -0.2) is 110 Å². The van der Waals surface area contributed by atoms with Gasteiger partial charge in [0.25, 0.3) is 0 Å². The summed E-state index contributed by atoms with van der Waals surface area (Å²) in [7, 11) is 1.55. The number of carbonyl (C=O) groups is 5. The van der Waals surface area contributed by atoms with Gasteiger partial charge in [-0.15, -0.1) is 11.8 Å². The summed E-state index contributed by atoms with van der Waals surface area (Å²) >= 11 is 1.40. The van der Waals surface area contributed by atoms with E-state index in [0.717, 1.165) is 100 Å². The summed E-state index contributed by atoms with van der Waals surface area (Å²) in [6.07, 6.45) is 16.7. The molecular formula is C51H66N6O10S. The molecule has 1 spiro atoms. The number of aromatic nitrogens is 1. The Morgan fingerprint density at radius 3 is 2.46 bits per heavy atom. The summed E-state index contributed by atoms with van der Waals surface area (Å²) in [5.41, 5.74) is 4.26. The zero-order valence-corrected chi connectivity index (χ0v) is 39.5. The predicted octanol–water partition coefficient (Wildman–Crippen LogP) is 4.18. The molecule has 366 valence electrons. The molecule has 2 aromatic rings. The number of pyridine rings is 1. The third-order valence-corrected chi connectivity index (χ3v) is 17.0. The number of fused-ring (bicyclic) bond motifs is 2. The monoisotopic (exact) mass is 954 g/mol. The van der Waals surface area contributed by atoms with E-state index in [1.165, 1.54) is 28.5 Å². The summed E-state index contributed by atoms with van der Waals surface area (Å²) < 4.78 is 6.78. The van der Waals surface area contributed by atoms with Crippen LogP contribution < -0.4 is 26.6 Å². The van der Waals surface area contributed by atoms with Crippen LogP contribution >= 0.6 is 11.8 Å². The van der Waals surface area contributed by atoms with Gasteiger partial charge in [0.1, 0.15) is 17.7 Å². The van der Waals surface area contributed by atoms with Crippen molar-refractivity contribution in [2.75, 3.05) is 26.0 Å². The fourth-order valence-electron chi connectivity index (χ4n) is 12.0. The van der Waals surface area contributed by atoms with E-state index in [1.54, 1.807) is 7.05 Å². The number of carboxylic acids is 2. The molecule has 0 bridgehead atoms. The van der Waals surface area contributed by atoms with Crippen molar-refractivity contribution in [3.05, 3.63) is 94.0 Å². The van der Waals surface area contributed by atoms with Gasteiger partial charge in [-0.05, 0) is 128 Å². The van der Waals surface area contributed by atoms with E-state index >= 15 is 4.79 Å². The Balaban J connectivity index is 1.18. The highest BCUT2D eigenvalue weighted by atomic mass is 32.2. The molecule has 1 saturated heterocycles. The van der Waals surface area contributed by atoms with Crippen LogP contribution in [0.1, 0.15) is 100 Å². The molecule has 2 amide bonds. The second-order valence-electron chi connectivity index (χ2n) is 19.6. The highest BCUT2D eigenvalue weighted by Crippen LogP contribution is 2.58. The third-order valence-electron chi connectivity index (χ3n) is 15.4. The number of allylic oxidation sites excluding steroid dienone is 2. The molecule has 9 N–H and O–H groups in total. The van der Waals surface area contributed by atoms with E-state index in [1.807, 2.05) is 24.5 Å². The molecule has 16 nitrogen and oxygen atoms in total. The molecule has 68 heavy (non-hydrogen) atoms. The van der Waals surface area contributed by atoms with Crippen molar-refractivity contribution in [3.8, 4) is 0 Å². The highest BCUT2D eigenvalue weighted by Gasteiger charge is 2.55. The fraction of sp³-hybridized carbons (Fsp3) is 0.569. The quantitative estimate of drug-likeness (QED) is 0.0613. The second kappa shape index (κ2) is 21.8. The number of esters is 1. The lowest BCUT2D eigenvalue weighted by Gasteiger charge is -2.44. The van der Waals surface area contributed by atoms with E-state index in [9.17, 15) is 39.6 Å². The van der Waals surface area contributed by atoms with Crippen molar-refractivity contribution >= 4 is 47.6 Å². The molecule has 2 fully saturated rings. The molecule has 3 heterocycles. The van der Waals surface area contributed by atoms with Crippen LogP contribution in [-0.2, 0) is 41.6 Å². The number of aliphatic hydroxyl groups excluding tert-OH is 1. The number of rotatable bonds is 17. The van der Waals surface area contributed by atoms with Gasteiger partial charge >= 0.3 is 17.9 Å². The summed E-state index contributed by atoms with van der Waals surface area (Å²) in [6.45, 7) is 0.727. The topological polar surface area (TPSA) is 249 Å². The largest absolute Gasteiger partial charge is 0.478 e. The number of aliphatic carboxylic acids is 2. The number of nitrogens with zero attached hydrogens (tertiary/aromatic N) is 1. The van der Waals surface area contributed by atoms with Crippen LogP contribution in [0.2, 0.25) is 0 Å². The van der Waals surface area contributed by atoms with Gasteiger partial charge in [0.15, 0.2) is 0 Å². The molecule has 17 heteroatoms. The Bertz CT molecular complexity index is 2300. The zero-order chi connectivity index (χ0) is 48.0. The number of nitrogens with one attached hydrogen (secondary N) is 5. The van der Waals surface area contributed by atoms with E-state index in [4.69, 9.17) is 4.74 Å². The standard InChI is InChI=1S/C51H66N6O10S/c1-52-29-55-51(66,49(64)65)21-14-38(58)56-37(45(59)57-46(60)47(61)62)28-68-44-43-40-34(11-3-2-6-18-50(44)19-7-8-20-50)26-35(25-30-15-22-53-23-16-30)39(41(40)48(63)67-43)42-36-27-33-10-5-4-9-31(33)12-13-32(36)17-24-54-42/h4-5,9-10,12-13,15-16,22-23,32,34,36-37,41-42,44,46,52,54-55,60,66H,2-3,6-8,11,14,17-21,24-29H2,1H3,(H,56,58)(H,57,59)(H,61,62)(H,64,65). The van der Waals surface area contributed by atoms with Crippen molar-refractivity contribution in [3.63, 3.8) is 0 Å². The SMILES string of the molecule is CNCNC(O)(CCC(=O)NC(CSC1C2=C3C(CCCCCC14CCCC4)CC(Cc1ccncc1)=C(C1NCCC4C=Cc5ccccc5CC41)C3C(=O)O2)C(=O)NC(O)C(=O)O)C(=O)O. The first kappa shape index (κ1) is 49.5. The first-order valence-electron chi connectivity index (χ1n) is 24.3. The molecular weight excluding hydrogens is 889 g/mol. The van der Waals surface area contributed by atoms with Crippen molar-refractivity contribution < 1.29 is 49.1 Å². The number of hydrogen-bond acceptors (Lipinski definition) is 13. The molecule has 6 aliphatic rings. The minimum absolute atomic E-state index is 0.0184. The summed E-state index contributed by atoms with van der Waals surface area (Å²) in [4.78, 5) is 70.6. The van der Waals surface area contributed by atoms with Crippen LogP contribution in [0.5, 0.6) is 0 Å². The average Bonchev–Trinajstić information content (AvgIpc) is 3.88. The van der Waals surface area contributed by atoms with Gasteiger partial charge < -0.3 is 46.4 Å². The predicted molar refractivity (Wildman–Crippen MR) is 255 cm³/mol. The van der Waals surface area contributed by atoms with Crippen LogP contribution in [0.15, 0.2) is 77.3 Å². The van der Waals surface area contributed by atoms with Crippen LogP contribution in [0.25, 0.3) is 6.08 Å². The van der Waals surface area contributed by atoms with E-state index in [0.29, 0.717) is 18.1 Å². The lowest BCUT2D eigenvalue weighted by atomic mass is 9.63. The Morgan fingerprint density at radius 2 is 1.72 bits per heavy atom. The average molecular weight is 955 g/mol. The minimum Gasteiger partial charge on any atom is -0.478 e. The smallest absolute Gasteiger partial charge is 0.353 e. The minimum atomic E-state index is -2.46. The van der Waals surface area contributed by atoms with E-state index in [-0.39, 0.29) is 41.7 Å². The van der Waals surface area contributed by atoms with Crippen LogP contribution in [0.4, 0.5) is 0 Å². The van der Waals surface area contributed by atoms with Gasteiger partial charge in [-0.1, -0.05) is 74.1 Å². The maximum atomic E-state index is 15.2. The molecule has 9 atom stereocenters.